The third kappa shape index (κ3) is 3.54. The molecular formula is C20H24N4O2. The van der Waals surface area contributed by atoms with E-state index in [1.54, 1.807) is 6.20 Å². The maximum Gasteiger partial charge on any atom is 0.251 e. The van der Waals surface area contributed by atoms with E-state index in [4.69, 9.17) is 0 Å². The van der Waals surface area contributed by atoms with E-state index >= 15 is 0 Å². The van der Waals surface area contributed by atoms with Crippen molar-refractivity contribution < 1.29 is 4.79 Å². The third-order valence-electron chi connectivity index (χ3n) is 5.51. The van der Waals surface area contributed by atoms with Crippen LogP contribution in [-0.2, 0) is 4.79 Å². The van der Waals surface area contributed by atoms with Gasteiger partial charge >= 0.3 is 0 Å². The Morgan fingerprint density at radius 2 is 2.00 bits per heavy atom. The van der Waals surface area contributed by atoms with Crippen molar-refractivity contribution in [1.29, 1.82) is 0 Å². The molecule has 2 fully saturated rings. The first-order valence-electron chi connectivity index (χ1n) is 9.53. The Labute approximate surface area is 152 Å². The number of carbonyl (C=O) groups is 1. The minimum Gasteiger partial charge on any atom is -0.333 e. The number of aromatic amines is 1. The van der Waals surface area contributed by atoms with E-state index in [1.807, 2.05) is 23.1 Å². The third-order valence-corrected chi connectivity index (χ3v) is 5.51. The van der Waals surface area contributed by atoms with Crippen molar-refractivity contribution in [3.05, 3.63) is 46.6 Å². The molecule has 26 heavy (non-hydrogen) atoms. The zero-order chi connectivity index (χ0) is 17.9. The second kappa shape index (κ2) is 7.40. The monoisotopic (exact) mass is 352 g/mol. The van der Waals surface area contributed by atoms with Gasteiger partial charge in [0.15, 0.2) is 0 Å². The molecule has 1 saturated heterocycles. The number of nitrogens with zero attached hydrogens (tertiary/aromatic N) is 3. The summed E-state index contributed by atoms with van der Waals surface area (Å²) < 4.78 is 0. The second-order valence-electron chi connectivity index (χ2n) is 7.33. The largest absolute Gasteiger partial charge is 0.333 e. The molecule has 1 aliphatic carbocycles. The van der Waals surface area contributed by atoms with Crippen LogP contribution in [0.2, 0.25) is 0 Å². The molecule has 2 aromatic rings. The molecule has 0 bridgehead atoms. The van der Waals surface area contributed by atoms with Crippen LogP contribution in [-0.4, -0.2) is 32.3 Å². The molecule has 1 amide bonds. The topological polar surface area (TPSA) is 79.0 Å². The smallest absolute Gasteiger partial charge is 0.251 e. The quantitative estimate of drug-likeness (QED) is 0.917. The lowest BCUT2D eigenvalue weighted by atomic mass is 10.0. The first-order valence-corrected chi connectivity index (χ1v) is 9.53. The Balaban J connectivity index is 1.58. The van der Waals surface area contributed by atoms with Crippen LogP contribution in [0.25, 0.3) is 11.4 Å². The number of carbonyl (C=O) groups excluding carboxylic acids is 1. The Hall–Kier alpha value is -2.50. The molecule has 2 aromatic heterocycles. The van der Waals surface area contributed by atoms with E-state index in [2.05, 4.69) is 15.0 Å². The fourth-order valence-electron chi connectivity index (χ4n) is 4.21. The van der Waals surface area contributed by atoms with Gasteiger partial charge in [-0.05, 0) is 43.7 Å². The number of H-pyrrole nitrogens is 1. The van der Waals surface area contributed by atoms with Gasteiger partial charge in [-0.15, -0.1) is 0 Å². The summed E-state index contributed by atoms with van der Waals surface area (Å²) in [6, 6.07) is 6.87. The average Bonchev–Trinajstić information content (AvgIpc) is 3.33. The summed E-state index contributed by atoms with van der Waals surface area (Å²) in [4.78, 5) is 38.7. The van der Waals surface area contributed by atoms with Gasteiger partial charge in [-0.25, -0.2) is 4.98 Å². The van der Waals surface area contributed by atoms with Gasteiger partial charge in [0, 0.05) is 25.2 Å². The van der Waals surface area contributed by atoms with Gasteiger partial charge in [0.2, 0.25) is 5.91 Å². The Morgan fingerprint density at radius 1 is 1.15 bits per heavy atom. The molecule has 6 nitrogen and oxygen atoms in total. The van der Waals surface area contributed by atoms with Crippen molar-refractivity contribution >= 4 is 5.91 Å². The zero-order valence-corrected chi connectivity index (χ0v) is 14.9. The van der Waals surface area contributed by atoms with E-state index in [9.17, 15) is 9.59 Å². The number of aromatic nitrogens is 3. The summed E-state index contributed by atoms with van der Waals surface area (Å²) in [6.07, 6.45) is 8.89. The maximum absolute atomic E-state index is 12.8. The van der Waals surface area contributed by atoms with Gasteiger partial charge in [0.25, 0.3) is 5.56 Å². The standard InChI is InChI=1S/C20H24N4O2/c25-18-13-16(15-8-3-4-10-21-15)22-20(23-18)17-9-5-11-24(17)19(26)12-14-6-1-2-7-14/h3-4,8,10,13-14,17H,1-2,5-7,9,11-12H2,(H,22,23,25)/t17-/m1/s1. The predicted octanol–water partition coefficient (Wildman–Crippen LogP) is 3.08. The van der Waals surface area contributed by atoms with Gasteiger partial charge in [0.05, 0.1) is 17.4 Å². The van der Waals surface area contributed by atoms with Crippen LogP contribution in [0.1, 0.15) is 56.8 Å². The molecular weight excluding hydrogens is 328 g/mol. The molecule has 1 atom stereocenters. The maximum atomic E-state index is 12.8. The number of pyridine rings is 1. The summed E-state index contributed by atoms with van der Waals surface area (Å²) in [6.45, 7) is 0.744. The normalized spacial score (nSPS) is 20.6. The fraction of sp³-hybridized carbons (Fsp3) is 0.500. The van der Waals surface area contributed by atoms with Crippen molar-refractivity contribution in [3.63, 3.8) is 0 Å². The molecule has 1 saturated carbocycles. The van der Waals surface area contributed by atoms with Crippen LogP contribution in [0.3, 0.4) is 0 Å². The molecule has 6 heteroatoms. The van der Waals surface area contributed by atoms with Gasteiger partial charge in [-0.2, -0.15) is 0 Å². The summed E-state index contributed by atoms with van der Waals surface area (Å²) in [5, 5.41) is 0. The van der Waals surface area contributed by atoms with Crippen molar-refractivity contribution in [3.8, 4) is 11.4 Å². The SMILES string of the molecule is O=C(CC1CCCC1)N1CCC[C@@H]1c1nc(-c2ccccn2)cc(=O)[nH]1. The van der Waals surface area contributed by atoms with E-state index in [0.717, 1.165) is 32.2 Å². The van der Waals surface area contributed by atoms with Crippen LogP contribution in [0.5, 0.6) is 0 Å². The van der Waals surface area contributed by atoms with Crippen molar-refractivity contribution in [2.24, 2.45) is 5.92 Å². The highest BCUT2D eigenvalue weighted by Crippen LogP contribution is 2.34. The summed E-state index contributed by atoms with van der Waals surface area (Å²) in [5.74, 6) is 1.30. The first kappa shape index (κ1) is 16.9. The van der Waals surface area contributed by atoms with Crippen LogP contribution < -0.4 is 5.56 Å². The minimum absolute atomic E-state index is 0.139. The van der Waals surface area contributed by atoms with E-state index in [1.165, 1.54) is 18.9 Å². The first-order chi connectivity index (χ1) is 12.7. The summed E-state index contributed by atoms with van der Waals surface area (Å²) >= 11 is 0. The number of rotatable bonds is 4. The fourth-order valence-corrected chi connectivity index (χ4v) is 4.21. The van der Waals surface area contributed by atoms with Gasteiger partial charge in [-0.3, -0.25) is 14.6 Å². The second-order valence-corrected chi connectivity index (χ2v) is 7.33. The molecule has 136 valence electrons. The average molecular weight is 352 g/mol. The molecule has 0 spiro atoms. The van der Waals surface area contributed by atoms with Crippen LogP contribution in [0, 0.1) is 5.92 Å². The van der Waals surface area contributed by atoms with Crippen molar-refractivity contribution in [2.75, 3.05) is 6.54 Å². The van der Waals surface area contributed by atoms with Crippen molar-refractivity contribution in [2.45, 2.75) is 51.0 Å². The van der Waals surface area contributed by atoms with E-state index in [-0.39, 0.29) is 17.5 Å². The number of likely N-dealkylation sites (tertiary alicyclic amines) is 1. The minimum atomic E-state index is -0.203. The van der Waals surface area contributed by atoms with Crippen molar-refractivity contribution in [1.82, 2.24) is 19.9 Å². The lowest BCUT2D eigenvalue weighted by Gasteiger charge is -2.25. The van der Waals surface area contributed by atoms with Gasteiger partial charge < -0.3 is 9.88 Å². The van der Waals surface area contributed by atoms with Gasteiger partial charge in [0.1, 0.15) is 5.82 Å². The molecule has 0 radical (unpaired) electrons. The number of hydrogen-bond acceptors (Lipinski definition) is 4. The highest BCUT2D eigenvalue weighted by Gasteiger charge is 2.33. The van der Waals surface area contributed by atoms with Crippen LogP contribution in [0.4, 0.5) is 0 Å². The Kier molecular flexibility index (Phi) is 4.82. The van der Waals surface area contributed by atoms with Gasteiger partial charge in [-0.1, -0.05) is 18.9 Å². The summed E-state index contributed by atoms with van der Waals surface area (Å²) in [7, 11) is 0. The zero-order valence-electron chi connectivity index (χ0n) is 14.9. The van der Waals surface area contributed by atoms with E-state index in [0.29, 0.717) is 29.6 Å². The van der Waals surface area contributed by atoms with Crippen LogP contribution in [0.15, 0.2) is 35.3 Å². The highest BCUT2D eigenvalue weighted by molar-refractivity contribution is 5.77. The molecule has 1 aliphatic heterocycles. The molecule has 0 unspecified atom stereocenters. The number of amides is 1. The van der Waals surface area contributed by atoms with Crippen LogP contribution >= 0.6 is 0 Å². The molecule has 1 N–H and O–H groups in total. The molecule has 0 aromatic carbocycles. The highest BCUT2D eigenvalue weighted by atomic mass is 16.2. The molecule has 2 aliphatic rings. The lowest BCUT2D eigenvalue weighted by Crippen LogP contribution is -2.33. The predicted molar refractivity (Wildman–Crippen MR) is 98.4 cm³/mol. The molecule has 3 heterocycles. The lowest BCUT2D eigenvalue weighted by molar-refractivity contribution is -0.133. The number of nitrogens with one attached hydrogen (secondary N) is 1. The van der Waals surface area contributed by atoms with E-state index < -0.39 is 0 Å². The summed E-state index contributed by atoms with van der Waals surface area (Å²) in [5.41, 5.74) is 1.02. The molecule has 4 rings (SSSR count). The Bertz CT molecular complexity index is 827. The number of hydrogen-bond donors (Lipinski definition) is 1. The Morgan fingerprint density at radius 3 is 2.77 bits per heavy atom.